The summed E-state index contributed by atoms with van der Waals surface area (Å²) in [6, 6.07) is 9.84. The molecule has 2 aliphatic rings. The maximum Gasteiger partial charge on any atom is 0.235 e. The van der Waals surface area contributed by atoms with Crippen molar-refractivity contribution in [1.29, 1.82) is 5.26 Å². The predicted molar refractivity (Wildman–Crippen MR) is 95.8 cm³/mol. The van der Waals surface area contributed by atoms with E-state index in [9.17, 15) is 15.2 Å². The largest absolute Gasteiger partial charge is 0.508 e. The van der Waals surface area contributed by atoms with Gasteiger partial charge in [0, 0.05) is 6.04 Å². The highest BCUT2D eigenvalue weighted by molar-refractivity contribution is 5.79. The van der Waals surface area contributed by atoms with Gasteiger partial charge in [-0.15, -0.1) is 0 Å². The van der Waals surface area contributed by atoms with Gasteiger partial charge in [-0.2, -0.15) is 5.26 Å². The fourth-order valence-electron chi connectivity index (χ4n) is 4.18. The second kappa shape index (κ2) is 7.88. The van der Waals surface area contributed by atoms with Gasteiger partial charge in [0.2, 0.25) is 5.91 Å². The first-order valence-electron chi connectivity index (χ1n) is 9.37. The van der Waals surface area contributed by atoms with Crippen molar-refractivity contribution in [2.45, 2.75) is 62.9 Å². The van der Waals surface area contributed by atoms with Crippen LogP contribution >= 0.6 is 0 Å². The Kier molecular flexibility index (Phi) is 5.60. The van der Waals surface area contributed by atoms with Crippen molar-refractivity contribution >= 4 is 5.91 Å². The van der Waals surface area contributed by atoms with Crippen LogP contribution in [0.1, 0.15) is 63.0 Å². The molecule has 0 spiro atoms. The van der Waals surface area contributed by atoms with E-state index in [-0.39, 0.29) is 17.7 Å². The smallest absolute Gasteiger partial charge is 0.235 e. The first-order valence-corrected chi connectivity index (χ1v) is 9.37. The minimum Gasteiger partial charge on any atom is -0.508 e. The summed E-state index contributed by atoms with van der Waals surface area (Å²) in [7, 11) is 0. The maximum atomic E-state index is 12.6. The molecule has 25 heavy (non-hydrogen) atoms. The zero-order chi connectivity index (χ0) is 17.7. The molecule has 1 atom stereocenters. The lowest BCUT2D eigenvalue weighted by Crippen LogP contribution is -2.50. The van der Waals surface area contributed by atoms with Crippen LogP contribution in [0, 0.1) is 11.3 Å². The Labute approximate surface area is 149 Å². The van der Waals surface area contributed by atoms with Crippen molar-refractivity contribution in [2.75, 3.05) is 13.1 Å². The van der Waals surface area contributed by atoms with Crippen LogP contribution in [-0.4, -0.2) is 34.5 Å². The van der Waals surface area contributed by atoms with Crippen LogP contribution in [0.4, 0.5) is 0 Å². The maximum absolute atomic E-state index is 12.6. The van der Waals surface area contributed by atoms with Gasteiger partial charge in [-0.3, -0.25) is 9.69 Å². The van der Waals surface area contributed by atoms with Gasteiger partial charge < -0.3 is 10.4 Å². The highest BCUT2D eigenvalue weighted by Crippen LogP contribution is 2.32. The molecule has 1 aromatic rings. The lowest BCUT2D eigenvalue weighted by Gasteiger charge is -2.29. The first-order chi connectivity index (χ1) is 12.1. The molecule has 5 heteroatoms. The SMILES string of the molecule is N#CC1(NC(=O)CN2CCCC2c2ccc(O)cc2)CCCCCC1. The van der Waals surface area contributed by atoms with Crippen LogP contribution in [0.25, 0.3) is 0 Å². The third-order valence-corrected chi connectivity index (χ3v) is 5.54. The van der Waals surface area contributed by atoms with Crippen molar-refractivity contribution in [3.63, 3.8) is 0 Å². The minimum atomic E-state index is -0.679. The molecule has 1 amide bonds. The summed E-state index contributed by atoms with van der Waals surface area (Å²) in [5, 5.41) is 22.1. The van der Waals surface area contributed by atoms with Crippen LogP contribution < -0.4 is 5.32 Å². The van der Waals surface area contributed by atoms with Crippen LogP contribution in [0.5, 0.6) is 5.75 Å². The fourth-order valence-corrected chi connectivity index (χ4v) is 4.18. The van der Waals surface area contributed by atoms with Gasteiger partial charge in [0.15, 0.2) is 0 Å². The average molecular weight is 341 g/mol. The topological polar surface area (TPSA) is 76.4 Å². The number of rotatable bonds is 4. The molecular weight excluding hydrogens is 314 g/mol. The molecule has 1 aliphatic carbocycles. The van der Waals surface area contributed by atoms with Crippen LogP contribution in [0.3, 0.4) is 0 Å². The van der Waals surface area contributed by atoms with Gasteiger partial charge in [-0.1, -0.05) is 37.8 Å². The molecule has 1 saturated heterocycles. The van der Waals surface area contributed by atoms with Crippen LogP contribution in [0.2, 0.25) is 0 Å². The summed E-state index contributed by atoms with van der Waals surface area (Å²) in [4.78, 5) is 14.8. The third-order valence-electron chi connectivity index (χ3n) is 5.54. The third kappa shape index (κ3) is 4.32. The Morgan fingerprint density at radius 3 is 2.52 bits per heavy atom. The molecule has 1 saturated carbocycles. The molecule has 0 bridgehead atoms. The van der Waals surface area contributed by atoms with E-state index in [1.54, 1.807) is 12.1 Å². The Morgan fingerprint density at radius 2 is 1.88 bits per heavy atom. The van der Waals surface area contributed by atoms with E-state index >= 15 is 0 Å². The number of likely N-dealkylation sites (tertiary alicyclic amines) is 1. The molecule has 3 rings (SSSR count). The number of nitrogens with zero attached hydrogens (tertiary/aromatic N) is 2. The second-order valence-corrected chi connectivity index (χ2v) is 7.38. The monoisotopic (exact) mass is 341 g/mol. The predicted octanol–water partition coefficient (Wildman–Crippen LogP) is 3.26. The lowest BCUT2D eigenvalue weighted by molar-refractivity contribution is -0.124. The van der Waals surface area contributed by atoms with Crippen molar-refractivity contribution in [2.24, 2.45) is 0 Å². The zero-order valence-electron chi connectivity index (χ0n) is 14.7. The van der Waals surface area contributed by atoms with E-state index in [0.29, 0.717) is 6.54 Å². The molecule has 2 N–H and O–H groups in total. The molecule has 2 fully saturated rings. The average Bonchev–Trinajstić information content (AvgIpc) is 2.93. The molecule has 1 aliphatic heterocycles. The molecule has 0 aromatic heterocycles. The number of phenols is 1. The quantitative estimate of drug-likeness (QED) is 0.824. The van der Waals surface area contributed by atoms with Gasteiger partial charge in [-0.25, -0.2) is 0 Å². The number of nitrogens with one attached hydrogen (secondary N) is 1. The van der Waals surface area contributed by atoms with E-state index in [0.717, 1.165) is 63.5 Å². The van der Waals surface area contributed by atoms with Crippen LogP contribution in [-0.2, 0) is 4.79 Å². The number of hydrogen-bond donors (Lipinski definition) is 2. The number of benzene rings is 1. The van der Waals surface area contributed by atoms with Crippen molar-refractivity contribution < 1.29 is 9.90 Å². The molecule has 1 heterocycles. The van der Waals surface area contributed by atoms with E-state index < -0.39 is 5.54 Å². The number of carbonyl (C=O) groups is 1. The van der Waals surface area contributed by atoms with Crippen LogP contribution in [0.15, 0.2) is 24.3 Å². The van der Waals surface area contributed by atoms with E-state index in [2.05, 4.69) is 16.3 Å². The van der Waals surface area contributed by atoms with Gasteiger partial charge in [0.05, 0.1) is 12.6 Å². The number of phenolic OH excluding ortho intramolecular Hbond substituents is 1. The summed E-state index contributed by atoms with van der Waals surface area (Å²) >= 11 is 0. The summed E-state index contributed by atoms with van der Waals surface area (Å²) in [6.45, 7) is 1.22. The Morgan fingerprint density at radius 1 is 1.20 bits per heavy atom. The van der Waals surface area contributed by atoms with Gasteiger partial charge in [-0.05, 0) is 49.9 Å². The number of aromatic hydroxyl groups is 1. The number of amides is 1. The van der Waals surface area contributed by atoms with Gasteiger partial charge in [0.1, 0.15) is 11.3 Å². The van der Waals surface area contributed by atoms with E-state index in [1.807, 2.05) is 12.1 Å². The summed E-state index contributed by atoms with van der Waals surface area (Å²) < 4.78 is 0. The zero-order valence-corrected chi connectivity index (χ0v) is 14.7. The molecule has 134 valence electrons. The van der Waals surface area contributed by atoms with Gasteiger partial charge in [0.25, 0.3) is 0 Å². The fraction of sp³-hybridized carbons (Fsp3) is 0.600. The Balaban J connectivity index is 1.63. The highest BCUT2D eigenvalue weighted by atomic mass is 16.3. The number of nitriles is 1. The number of carbonyl (C=O) groups excluding carboxylic acids is 1. The number of hydrogen-bond acceptors (Lipinski definition) is 4. The summed E-state index contributed by atoms with van der Waals surface area (Å²) in [6.07, 6.45) is 7.90. The van der Waals surface area contributed by atoms with Crippen molar-refractivity contribution in [3.8, 4) is 11.8 Å². The summed E-state index contributed by atoms with van der Waals surface area (Å²) in [5.74, 6) is 0.212. The molecule has 1 unspecified atom stereocenters. The Hall–Kier alpha value is -2.06. The van der Waals surface area contributed by atoms with Gasteiger partial charge >= 0.3 is 0 Å². The first kappa shape index (κ1) is 17.8. The lowest BCUT2D eigenvalue weighted by atomic mass is 9.92. The Bertz CT molecular complexity index is 627. The molecule has 1 aromatic carbocycles. The minimum absolute atomic E-state index is 0.0471. The normalized spacial score (nSPS) is 23.6. The molecule has 0 radical (unpaired) electrons. The molecular formula is C20H27N3O2. The van der Waals surface area contributed by atoms with Crippen molar-refractivity contribution in [1.82, 2.24) is 10.2 Å². The second-order valence-electron chi connectivity index (χ2n) is 7.38. The van der Waals surface area contributed by atoms with Crippen molar-refractivity contribution in [3.05, 3.63) is 29.8 Å². The van der Waals surface area contributed by atoms with E-state index in [1.165, 1.54) is 0 Å². The highest BCUT2D eigenvalue weighted by Gasteiger charge is 2.34. The van der Waals surface area contributed by atoms with E-state index in [4.69, 9.17) is 0 Å². The molecule has 5 nitrogen and oxygen atoms in total. The summed E-state index contributed by atoms with van der Waals surface area (Å²) in [5.41, 5.74) is 0.453. The standard InChI is InChI=1S/C20H27N3O2/c21-15-20(11-3-1-2-4-12-20)22-19(25)14-23-13-5-6-18(23)16-7-9-17(24)10-8-16/h7-10,18,24H,1-6,11-14H2,(H,22,25).